The van der Waals surface area contributed by atoms with E-state index in [2.05, 4.69) is 10.1 Å². The second-order valence-electron chi connectivity index (χ2n) is 4.49. The van der Waals surface area contributed by atoms with Gasteiger partial charge in [0.2, 0.25) is 5.76 Å². The second kappa shape index (κ2) is 6.32. The van der Waals surface area contributed by atoms with Gasteiger partial charge in [0, 0.05) is 18.8 Å². The Kier molecular flexibility index (Phi) is 4.07. The molecule has 3 aromatic heterocycles. The summed E-state index contributed by atoms with van der Waals surface area (Å²) < 4.78 is 4.97. The number of carbonyl (C=O) groups is 1. The van der Waals surface area contributed by atoms with E-state index in [-0.39, 0.29) is 11.7 Å². The van der Waals surface area contributed by atoms with Gasteiger partial charge in [-0.25, -0.2) is 0 Å². The van der Waals surface area contributed by atoms with Crippen molar-refractivity contribution in [3.63, 3.8) is 0 Å². The minimum atomic E-state index is -0.190. The van der Waals surface area contributed by atoms with Crippen LogP contribution >= 0.6 is 11.3 Å². The Balaban J connectivity index is 1.82. The molecule has 6 heteroatoms. The first-order valence-electron chi connectivity index (χ1n) is 6.44. The van der Waals surface area contributed by atoms with Crippen LogP contribution in [-0.4, -0.2) is 20.9 Å². The smallest absolute Gasteiger partial charge is 0.293 e. The lowest BCUT2D eigenvalue weighted by molar-refractivity contribution is 0.0685. The van der Waals surface area contributed by atoms with Gasteiger partial charge in [-0.05, 0) is 34.5 Å². The van der Waals surface area contributed by atoms with Crippen molar-refractivity contribution >= 4 is 17.2 Å². The van der Waals surface area contributed by atoms with Gasteiger partial charge in [0.1, 0.15) is 0 Å². The summed E-state index contributed by atoms with van der Waals surface area (Å²) in [6.07, 6.45) is 3.19. The molecule has 0 aliphatic heterocycles. The summed E-state index contributed by atoms with van der Waals surface area (Å²) in [5.41, 5.74) is 1.92. The number of amides is 1. The summed E-state index contributed by atoms with van der Waals surface area (Å²) in [6.45, 7) is 0.940. The molecule has 0 aliphatic carbocycles. The van der Waals surface area contributed by atoms with Crippen LogP contribution < -0.4 is 0 Å². The number of thiophene rings is 1. The number of carbonyl (C=O) groups excluding carboxylic acids is 1. The summed E-state index contributed by atoms with van der Waals surface area (Å²) in [6, 6.07) is 9.23. The molecule has 3 aromatic rings. The molecule has 0 fully saturated rings. The van der Waals surface area contributed by atoms with Crippen molar-refractivity contribution in [2.45, 2.75) is 13.1 Å². The predicted molar refractivity (Wildman–Crippen MR) is 78.6 cm³/mol. The molecule has 0 saturated carbocycles. The van der Waals surface area contributed by atoms with Gasteiger partial charge < -0.3 is 9.42 Å². The number of rotatable bonds is 5. The highest BCUT2D eigenvalue weighted by atomic mass is 32.1. The third-order valence-corrected chi connectivity index (χ3v) is 3.70. The number of hydrogen-bond acceptors (Lipinski definition) is 5. The molecular weight excluding hydrogens is 286 g/mol. The monoisotopic (exact) mass is 299 g/mol. The van der Waals surface area contributed by atoms with E-state index in [1.807, 2.05) is 35.0 Å². The average Bonchev–Trinajstić information content (AvgIpc) is 3.20. The summed E-state index contributed by atoms with van der Waals surface area (Å²) in [5.74, 6) is 0.0468. The van der Waals surface area contributed by atoms with Crippen LogP contribution in [0.15, 0.2) is 58.0 Å². The molecule has 106 valence electrons. The first-order chi connectivity index (χ1) is 10.3. The molecule has 1 amide bonds. The molecule has 0 atom stereocenters. The molecule has 5 nitrogen and oxygen atoms in total. The van der Waals surface area contributed by atoms with Gasteiger partial charge >= 0.3 is 0 Å². The zero-order chi connectivity index (χ0) is 14.5. The van der Waals surface area contributed by atoms with Gasteiger partial charge in [0.05, 0.1) is 18.4 Å². The van der Waals surface area contributed by atoms with Crippen LogP contribution in [0.3, 0.4) is 0 Å². The lowest BCUT2D eigenvalue weighted by Gasteiger charge is -2.20. The molecular formula is C15H13N3O2S. The van der Waals surface area contributed by atoms with Crippen molar-refractivity contribution in [2.24, 2.45) is 0 Å². The average molecular weight is 299 g/mol. The standard InChI is InChI=1S/C15H13N3O2S/c19-15(14-4-7-17-20-14)18(9-12-5-8-21-11-12)10-13-3-1-2-6-16-13/h1-8,11H,9-10H2. The van der Waals surface area contributed by atoms with Gasteiger partial charge in [0.15, 0.2) is 0 Å². The molecule has 0 unspecified atom stereocenters. The molecule has 0 saturated heterocycles. The van der Waals surface area contributed by atoms with Crippen molar-refractivity contribution in [1.29, 1.82) is 0 Å². The van der Waals surface area contributed by atoms with Crippen LogP contribution in [0, 0.1) is 0 Å². The minimum absolute atomic E-state index is 0.190. The van der Waals surface area contributed by atoms with E-state index in [4.69, 9.17) is 4.52 Å². The van der Waals surface area contributed by atoms with Gasteiger partial charge in [0.25, 0.3) is 5.91 Å². The summed E-state index contributed by atoms with van der Waals surface area (Å²) in [5, 5.41) is 7.61. The van der Waals surface area contributed by atoms with E-state index < -0.39 is 0 Å². The van der Waals surface area contributed by atoms with Crippen molar-refractivity contribution < 1.29 is 9.32 Å². The quantitative estimate of drug-likeness (QED) is 0.726. The third kappa shape index (κ3) is 3.35. The second-order valence-corrected chi connectivity index (χ2v) is 5.27. The van der Waals surface area contributed by atoms with Gasteiger partial charge in [-0.3, -0.25) is 9.78 Å². The van der Waals surface area contributed by atoms with Crippen LogP contribution in [-0.2, 0) is 13.1 Å². The van der Waals surface area contributed by atoms with Gasteiger partial charge in [-0.15, -0.1) is 0 Å². The highest BCUT2D eigenvalue weighted by molar-refractivity contribution is 7.07. The van der Waals surface area contributed by atoms with E-state index in [1.165, 1.54) is 6.20 Å². The number of nitrogens with zero attached hydrogens (tertiary/aromatic N) is 3. The summed E-state index contributed by atoms with van der Waals surface area (Å²) >= 11 is 1.61. The lowest BCUT2D eigenvalue weighted by Crippen LogP contribution is -2.30. The van der Waals surface area contributed by atoms with E-state index in [9.17, 15) is 4.79 Å². The Morgan fingerprint density at radius 2 is 2.14 bits per heavy atom. The maximum absolute atomic E-state index is 12.5. The number of hydrogen-bond donors (Lipinski definition) is 0. The maximum atomic E-state index is 12.5. The molecule has 0 aliphatic rings. The largest absolute Gasteiger partial charge is 0.351 e. The van der Waals surface area contributed by atoms with E-state index in [0.717, 1.165) is 11.3 Å². The topological polar surface area (TPSA) is 59.2 Å². The molecule has 0 bridgehead atoms. The Morgan fingerprint density at radius 3 is 2.81 bits per heavy atom. The van der Waals surface area contributed by atoms with Crippen LogP contribution in [0.4, 0.5) is 0 Å². The molecule has 0 aromatic carbocycles. The Morgan fingerprint density at radius 1 is 1.19 bits per heavy atom. The van der Waals surface area contributed by atoms with Crippen LogP contribution in [0.25, 0.3) is 0 Å². The fourth-order valence-corrected chi connectivity index (χ4v) is 2.63. The molecule has 3 rings (SSSR count). The first-order valence-corrected chi connectivity index (χ1v) is 7.38. The Hall–Kier alpha value is -2.47. The number of pyridine rings is 1. The predicted octanol–water partition coefficient (Wildman–Crippen LogP) is 2.97. The van der Waals surface area contributed by atoms with Gasteiger partial charge in [-0.1, -0.05) is 11.2 Å². The first kappa shape index (κ1) is 13.5. The summed E-state index contributed by atoms with van der Waals surface area (Å²) in [7, 11) is 0. The van der Waals surface area contributed by atoms with Crippen molar-refractivity contribution in [1.82, 2.24) is 15.0 Å². The molecule has 3 heterocycles. The van der Waals surface area contributed by atoms with Crippen LogP contribution in [0.1, 0.15) is 21.8 Å². The summed E-state index contributed by atoms with van der Waals surface area (Å²) in [4.78, 5) is 18.5. The maximum Gasteiger partial charge on any atom is 0.293 e. The van der Waals surface area contributed by atoms with Crippen molar-refractivity contribution in [2.75, 3.05) is 0 Å². The fraction of sp³-hybridized carbons (Fsp3) is 0.133. The third-order valence-electron chi connectivity index (χ3n) is 2.97. The van der Waals surface area contributed by atoms with Crippen molar-refractivity contribution in [3.05, 3.63) is 70.5 Å². The SMILES string of the molecule is O=C(c1ccno1)N(Cc1ccsc1)Cc1ccccn1. The Bertz CT molecular complexity index is 681. The lowest BCUT2D eigenvalue weighted by atomic mass is 10.2. The minimum Gasteiger partial charge on any atom is -0.351 e. The van der Waals surface area contributed by atoms with E-state index in [1.54, 1.807) is 28.5 Å². The van der Waals surface area contributed by atoms with E-state index >= 15 is 0 Å². The van der Waals surface area contributed by atoms with Gasteiger partial charge in [-0.2, -0.15) is 11.3 Å². The Labute approximate surface area is 125 Å². The fourth-order valence-electron chi connectivity index (χ4n) is 1.97. The highest BCUT2D eigenvalue weighted by Crippen LogP contribution is 2.15. The van der Waals surface area contributed by atoms with Crippen molar-refractivity contribution in [3.8, 4) is 0 Å². The molecule has 21 heavy (non-hydrogen) atoms. The van der Waals surface area contributed by atoms with E-state index in [0.29, 0.717) is 13.1 Å². The zero-order valence-electron chi connectivity index (χ0n) is 11.2. The highest BCUT2D eigenvalue weighted by Gasteiger charge is 2.20. The van der Waals surface area contributed by atoms with Crippen LogP contribution in [0.5, 0.6) is 0 Å². The molecule has 0 radical (unpaired) electrons. The van der Waals surface area contributed by atoms with Crippen LogP contribution in [0.2, 0.25) is 0 Å². The number of aromatic nitrogens is 2. The normalized spacial score (nSPS) is 10.5. The zero-order valence-corrected chi connectivity index (χ0v) is 12.0. The molecule has 0 N–H and O–H groups in total. The molecule has 0 spiro atoms.